The maximum Gasteiger partial charge on any atom is 0.220 e. The number of allylic oxidation sites excluding steroid dienone is 3. The van der Waals surface area contributed by atoms with Gasteiger partial charge in [0.05, 0.1) is 11.5 Å². The second-order valence-electron chi connectivity index (χ2n) is 20.6. The lowest BCUT2D eigenvalue weighted by atomic mass is 9.32. The molecule has 5 aliphatic carbocycles. The smallest absolute Gasteiger partial charge is 0.220 e. The molecule has 2 N–H and O–H groups in total. The van der Waals surface area contributed by atoms with Crippen LogP contribution in [-0.2, 0) is 16.1 Å². The summed E-state index contributed by atoms with van der Waals surface area (Å²) in [5, 5.41) is 13.2. The topological polar surface area (TPSA) is 58.6 Å². The molecule has 53 heavy (non-hydrogen) atoms. The van der Waals surface area contributed by atoms with Gasteiger partial charge in [0.25, 0.3) is 0 Å². The highest BCUT2D eigenvalue weighted by Gasteiger charge is 2.71. The molecule has 10 atom stereocenters. The fraction of sp³-hybridized carbons (Fsp3) is 0.735. The Hall–Kier alpha value is -2.49. The van der Waals surface area contributed by atoms with E-state index in [2.05, 4.69) is 105 Å². The Morgan fingerprint density at radius 3 is 2.17 bits per heavy atom. The minimum Gasteiger partial charge on any atom is -0.513 e. The molecule has 0 aliphatic heterocycles. The van der Waals surface area contributed by atoms with Crippen LogP contribution in [0.15, 0.2) is 67.2 Å². The predicted molar refractivity (Wildman–Crippen MR) is 222 cm³/mol. The van der Waals surface area contributed by atoms with Crippen LogP contribution in [0.5, 0.6) is 0 Å². The molecular weight excluding hydrogens is 651 g/mol. The summed E-state index contributed by atoms with van der Waals surface area (Å²) in [6.45, 7) is 36.9. The van der Waals surface area contributed by atoms with Crippen molar-refractivity contribution in [2.75, 3.05) is 0 Å². The second kappa shape index (κ2) is 15.2. The highest BCUT2D eigenvalue weighted by molar-refractivity contribution is 5.77. The van der Waals surface area contributed by atoms with Gasteiger partial charge in [-0.25, -0.2) is 0 Å². The Kier molecular flexibility index (Phi) is 12.0. The zero-order valence-corrected chi connectivity index (χ0v) is 35.6. The standard InChI is InChI=1S/C47H71NO3.C2H6/c1-31(2)35-19-24-47(29-40(50)48-30-34-15-13-12-14-16-34)26-25-45(10)36(41(35)47)17-18-38-44(9)22-21-39(43(7,8)37(44)20-23-46(38,45)11)51-33(4)28-42(5,6)27-32(3)49;1-2/h12-16,35-39,41,49H,1,3-4,17-30H2,2,5-11H3,(H,48,50);1-2H3/t35-,36+,37?,38?,39-,41?,44-,45+,46+,47+;/m0./s1. The largest absolute Gasteiger partial charge is 0.513 e. The Balaban J connectivity index is 0.00000266. The first-order valence-electron chi connectivity index (χ1n) is 21.5. The summed E-state index contributed by atoms with van der Waals surface area (Å²) < 4.78 is 6.80. The average molecular weight is 728 g/mol. The van der Waals surface area contributed by atoms with E-state index in [1.807, 2.05) is 19.9 Å². The monoisotopic (exact) mass is 728 g/mol. The maximum absolute atomic E-state index is 13.7. The number of nitrogens with one attached hydrogen (secondary N) is 1. The molecule has 5 aliphatic rings. The molecule has 0 heterocycles. The summed E-state index contributed by atoms with van der Waals surface area (Å²) in [7, 11) is 0. The van der Waals surface area contributed by atoms with Crippen LogP contribution in [0, 0.1) is 62.1 Å². The van der Waals surface area contributed by atoms with E-state index in [-0.39, 0.29) is 50.3 Å². The van der Waals surface area contributed by atoms with Gasteiger partial charge in [0, 0.05) is 31.2 Å². The van der Waals surface area contributed by atoms with Crippen LogP contribution in [0.2, 0.25) is 0 Å². The van der Waals surface area contributed by atoms with E-state index in [4.69, 9.17) is 4.74 Å². The molecule has 5 saturated carbocycles. The molecule has 1 aromatic rings. The lowest BCUT2D eigenvalue weighted by Gasteiger charge is -2.73. The lowest BCUT2D eigenvalue weighted by molar-refractivity contribution is -0.249. The normalized spacial score (nSPS) is 38.4. The third-order valence-corrected chi connectivity index (χ3v) is 16.7. The van der Waals surface area contributed by atoms with Crippen LogP contribution >= 0.6 is 0 Å². The van der Waals surface area contributed by atoms with Crippen LogP contribution in [0.1, 0.15) is 158 Å². The second-order valence-corrected chi connectivity index (χ2v) is 20.6. The Morgan fingerprint density at radius 2 is 1.53 bits per heavy atom. The van der Waals surface area contributed by atoms with E-state index in [0.717, 1.165) is 25.0 Å². The number of benzene rings is 1. The number of ether oxygens (including phenoxy) is 1. The summed E-state index contributed by atoms with van der Waals surface area (Å²) in [6.07, 6.45) is 14.2. The molecule has 3 unspecified atom stereocenters. The first kappa shape index (κ1) is 41.7. The minimum atomic E-state index is -0.136. The fourth-order valence-corrected chi connectivity index (χ4v) is 14.3. The molecule has 6 rings (SSSR count). The third kappa shape index (κ3) is 7.45. The van der Waals surface area contributed by atoms with Gasteiger partial charge in [-0.1, -0.05) is 118 Å². The van der Waals surface area contributed by atoms with Gasteiger partial charge in [-0.05, 0) is 133 Å². The minimum absolute atomic E-state index is 0.0467. The van der Waals surface area contributed by atoms with Gasteiger partial charge in [0.1, 0.15) is 6.10 Å². The molecule has 5 fully saturated rings. The van der Waals surface area contributed by atoms with E-state index < -0.39 is 0 Å². The summed E-state index contributed by atoms with van der Waals surface area (Å²) in [6, 6.07) is 10.3. The molecule has 0 spiro atoms. The molecular formula is C49H77NO3. The van der Waals surface area contributed by atoms with E-state index in [9.17, 15) is 9.90 Å². The van der Waals surface area contributed by atoms with Crippen LogP contribution in [-0.4, -0.2) is 17.1 Å². The zero-order valence-electron chi connectivity index (χ0n) is 35.6. The van der Waals surface area contributed by atoms with Crippen LogP contribution in [0.25, 0.3) is 0 Å². The molecule has 4 nitrogen and oxygen atoms in total. The third-order valence-electron chi connectivity index (χ3n) is 16.7. The Morgan fingerprint density at radius 1 is 0.849 bits per heavy atom. The van der Waals surface area contributed by atoms with Gasteiger partial charge in [-0.15, -0.1) is 0 Å². The highest BCUT2D eigenvalue weighted by atomic mass is 16.5. The summed E-state index contributed by atoms with van der Waals surface area (Å²) in [4.78, 5) is 13.7. The van der Waals surface area contributed by atoms with Crippen molar-refractivity contribution in [1.29, 1.82) is 0 Å². The molecule has 0 bridgehead atoms. The quantitative estimate of drug-likeness (QED) is 0.176. The predicted octanol–water partition coefficient (Wildman–Crippen LogP) is 13.2. The van der Waals surface area contributed by atoms with Crippen LogP contribution in [0.3, 0.4) is 0 Å². The van der Waals surface area contributed by atoms with Crippen molar-refractivity contribution in [3.63, 3.8) is 0 Å². The van der Waals surface area contributed by atoms with E-state index in [0.29, 0.717) is 49.0 Å². The van der Waals surface area contributed by atoms with Gasteiger partial charge in [-0.3, -0.25) is 4.79 Å². The van der Waals surface area contributed by atoms with Crippen molar-refractivity contribution in [3.05, 3.63) is 72.7 Å². The van der Waals surface area contributed by atoms with Gasteiger partial charge < -0.3 is 15.2 Å². The van der Waals surface area contributed by atoms with Crippen LogP contribution < -0.4 is 5.32 Å². The number of hydrogen-bond donors (Lipinski definition) is 2. The van der Waals surface area contributed by atoms with E-state index in [1.165, 1.54) is 62.5 Å². The number of amides is 1. The number of hydrogen-bond acceptors (Lipinski definition) is 3. The van der Waals surface area contributed by atoms with Gasteiger partial charge in [0.2, 0.25) is 5.91 Å². The molecule has 0 aromatic heterocycles. The molecule has 0 radical (unpaired) electrons. The summed E-state index contributed by atoms with van der Waals surface area (Å²) >= 11 is 0. The van der Waals surface area contributed by atoms with E-state index >= 15 is 0 Å². The SMILES string of the molecule is C=C(O)CC(C)(C)CC(=C)O[C@H]1CC[C@@]2(C)C(CC[C@]3(C)C2CC[C@@H]2C4[C@H](C(=C)C)CC[C@]4(CC(=O)NCc4ccccc4)CC[C@]23C)C1(C)C.CC. The number of aliphatic hydroxyl groups excluding tert-OH is 1. The number of carbonyl (C=O) groups is 1. The van der Waals surface area contributed by atoms with Crippen molar-refractivity contribution < 1.29 is 14.6 Å². The van der Waals surface area contributed by atoms with Crippen molar-refractivity contribution in [1.82, 2.24) is 5.32 Å². The molecule has 0 saturated heterocycles. The van der Waals surface area contributed by atoms with Crippen molar-refractivity contribution in [2.24, 2.45) is 62.1 Å². The fourth-order valence-electron chi connectivity index (χ4n) is 14.3. The van der Waals surface area contributed by atoms with Crippen molar-refractivity contribution in [2.45, 2.75) is 165 Å². The van der Waals surface area contributed by atoms with Crippen molar-refractivity contribution in [3.8, 4) is 0 Å². The summed E-state index contributed by atoms with van der Waals surface area (Å²) in [5.41, 5.74) is 3.30. The Labute approximate surface area is 325 Å². The molecule has 296 valence electrons. The van der Waals surface area contributed by atoms with E-state index in [1.54, 1.807) is 0 Å². The van der Waals surface area contributed by atoms with Gasteiger partial charge in [0.15, 0.2) is 0 Å². The van der Waals surface area contributed by atoms with Crippen LogP contribution in [0.4, 0.5) is 0 Å². The maximum atomic E-state index is 13.7. The number of aliphatic hydroxyl groups is 1. The summed E-state index contributed by atoms with van der Waals surface area (Å²) in [5.74, 6) is 4.29. The van der Waals surface area contributed by atoms with Gasteiger partial charge in [-0.2, -0.15) is 0 Å². The van der Waals surface area contributed by atoms with Crippen molar-refractivity contribution >= 4 is 5.91 Å². The Bertz CT molecular complexity index is 1510. The number of rotatable bonds is 11. The number of fused-ring (bicyclic) bond motifs is 7. The first-order valence-corrected chi connectivity index (χ1v) is 21.5. The lowest BCUT2D eigenvalue weighted by Crippen LogP contribution is -2.66. The molecule has 1 aromatic carbocycles. The highest BCUT2D eigenvalue weighted by Crippen LogP contribution is 2.78. The molecule has 1 amide bonds. The van der Waals surface area contributed by atoms with Gasteiger partial charge >= 0.3 is 0 Å². The zero-order chi connectivity index (χ0) is 39.2. The average Bonchev–Trinajstić information content (AvgIpc) is 3.45. The first-order chi connectivity index (χ1) is 24.8. The number of carbonyl (C=O) groups excluding carboxylic acids is 1. The molecule has 4 heteroatoms.